The summed E-state index contributed by atoms with van der Waals surface area (Å²) >= 11 is 0. The zero-order valence-electron chi connectivity index (χ0n) is 25.8. The molecule has 10 heteroatoms. The third-order valence-electron chi connectivity index (χ3n) is 9.47. The number of likely N-dealkylation sites (tertiary alicyclic amines) is 1. The molecule has 2 aromatic carbocycles. The fourth-order valence-electron chi connectivity index (χ4n) is 6.83. The summed E-state index contributed by atoms with van der Waals surface area (Å²) < 4.78 is 5.88. The highest BCUT2D eigenvalue weighted by Crippen LogP contribution is 2.38. The highest BCUT2D eigenvalue weighted by atomic mass is 16.5. The lowest BCUT2D eigenvalue weighted by Crippen LogP contribution is -2.73. The van der Waals surface area contributed by atoms with Gasteiger partial charge < -0.3 is 30.3 Å². The molecular weight excluding hydrogens is 560 g/mol. The van der Waals surface area contributed by atoms with Crippen LogP contribution >= 0.6 is 0 Å². The van der Waals surface area contributed by atoms with E-state index in [0.717, 1.165) is 32.1 Å². The van der Waals surface area contributed by atoms with Crippen LogP contribution in [-0.2, 0) is 9.59 Å². The van der Waals surface area contributed by atoms with Crippen LogP contribution in [0.25, 0.3) is 0 Å². The summed E-state index contributed by atoms with van der Waals surface area (Å²) in [7, 11) is 1.58. The summed E-state index contributed by atoms with van der Waals surface area (Å²) in [6, 6.07) is 12.9. The molecular formula is C34H44N4O6. The lowest BCUT2D eigenvalue weighted by molar-refractivity contribution is -0.163. The lowest BCUT2D eigenvalue weighted by Gasteiger charge is -2.52. The second-order valence-corrected chi connectivity index (χ2v) is 12.4. The van der Waals surface area contributed by atoms with Crippen molar-refractivity contribution in [1.29, 1.82) is 0 Å². The van der Waals surface area contributed by atoms with Gasteiger partial charge in [-0.05, 0) is 80.6 Å². The molecule has 5 rings (SSSR count). The predicted molar refractivity (Wildman–Crippen MR) is 165 cm³/mol. The standard InChI is InChI=1S/C34H44N4O6/c1-3-4-20-38-31(41)28(23-33(43)16-6-5-7-17-33)36-32(42)34(38)18-21-37(22-19-34)30(40)25-10-14-27(15-11-25)44-26-12-8-24(9-13-26)29(39)35-2/h8-15,28,43H,3-7,16-23H2,1-2H3,(H,35,39)(H,36,42)/t28-/m1/s1. The Balaban J connectivity index is 1.22. The van der Waals surface area contributed by atoms with Gasteiger partial charge in [-0.3, -0.25) is 19.2 Å². The number of unbranched alkanes of at least 4 members (excludes halogenated alkanes) is 1. The number of ether oxygens (including phenoxy) is 1. The van der Waals surface area contributed by atoms with Crippen LogP contribution in [0.4, 0.5) is 0 Å². The van der Waals surface area contributed by atoms with Crippen molar-refractivity contribution < 1.29 is 29.0 Å². The number of piperazine rings is 1. The minimum atomic E-state index is -0.986. The fourth-order valence-corrected chi connectivity index (χ4v) is 6.83. The topological polar surface area (TPSA) is 128 Å². The Labute approximate surface area is 259 Å². The molecule has 1 aliphatic carbocycles. The lowest BCUT2D eigenvalue weighted by atomic mass is 9.77. The number of nitrogens with one attached hydrogen (secondary N) is 2. The van der Waals surface area contributed by atoms with Gasteiger partial charge in [0.2, 0.25) is 11.8 Å². The Morgan fingerprint density at radius 3 is 2.09 bits per heavy atom. The molecule has 3 N–H and O–H groups in total. The van der Waals surface area contributed by atoms with Crippen LogP contribution in [-0.4, -0.2) is 82.4 Å². The van der Waals surface area contributed by atoms with E-state index in [-0.39, 0.29) is 30.0 Å². The maximum atomic E-state index is 13.8. The van der Waals surface area contributed by atoms with Crippen molar-refractivity contribution in [3.05, 3.63) is 59.7 Å². The molecule has 2 aromatic rings. The number of aliphatic hydroxyl groups is 1. The Morgan fingerprint density at radius 1 is 0.932 bits per heavy atom. The van der Waals surface area contributed by atoms with Gasteiger partial charge in [0.05, 0.1) is 5.60 Å². The van der Waals surface area contributed by atoms with Crippen molar-refractivity contribution >= 4 is 23.6 Å². The number of piperidine rings is 1. The minimum Gasteiger partial charge on any atom is -0.457 e. The van der Waals surface area contributed by atoms with Gasteiger partial charge in [0.15, 0.2) is 0 Å². The third-order valence-corrected chi connectivity index (χ3v) is 9.47. The van der Waals surface area contributed by atoms with Gasteiger partial charge in [-0.25, -0.2) is 0 Å². The van der Waals surface area contributed by atoms with E-state index in [1.165, 1.54) is 0 Å². The predicted octanol–water partition coefficient (Wildman–Crippen LogP) is 4.03. The molecule has 3 fully saturated rings. The number of rotatable bonds is 9. The van der Waals surface area contributed by atoms with Gasteiger partial charge in [-0.1, -0.05) is 32.6 Å². The summed E-state index contributed by atoms with van der Waals surface area (Å²) in [5, 5.41) is 16.7. The molecule has 1 spiro atoms. The number of nitrogens with zero attached hydrogens (tertiary/aromatic N) is 2. The second-order valence-electron chi connectivity index (χ2n) is 12.4. The smallest absolute Gasteiger partial charge is 0.253 e. The molecule has 3 aliphatic rings. The molecule has 236 valence electrons. The monoisotopic (exact) mass is 604 g/mol. The largest absolute Gasteiger partial charge is 0.457 e. The molecule has 4 amide bonds. The van der Waals surface area contributed by atoms with Crippen LogP contribution in [0, 0.1) is 0 Å². The summed E-state index contributed by atoms with van der Waals surface area (Å²) in [6.45, 7) is 3.26. The summed E-state index contributed by atoms with van der Waals surface area (Å²) in [5.74, 6) is 0.530. The van der Waals surface area contributed by atoms with Gasteiger partial charge in [0.1, 0.15) is 23.1 Å². The van der Waals surface area contributed by atoms with E-state index >= 15 is 0 Å². The second kappa shape index (κ2) is 13.4. The molecule has 1 saturated carbocycles. The average Bonchev–Trinajstić information content (AvgIpc) is 3.04. The van der Waals surface area contributed by atoms with Crippen molar-refractivity contribution in [2.45, 2.75) is 88.3 Å². The fraction of sp³-hybridized carbons (Fsp3) is 0.529. The summed E-state index contributed by atoms with van der Waals surface area (Å²) in [4.78, 5) is 56.2. The van der Waals surface area contributed by atoms with E-state index in [9.17, 15) is 24.3 Å². The third kappa shape index (κ3) is 6.60. The number of amides is 4. The van der Waals surface area contributed by atoms with Crippen molar-refractivity contribution in [2.24, 2.45) is 0 Å². The molecule has 2 aliphatic heterocycles. The number of carbonyl (C=O) groups excluding carboxylic acids is 4. The highest BCUT2D eigenvalue weighted by Gasteiger charge is 2.54. The quantitative estimate of drug-likeness (QED) is 0.397. The first-order valence-corrected chi connectivity index (χ1v) is 15.9. The number of hydrogen-bond acceptors (Lipinski definition) is 6. The van der Waals surface area contributed by atoms with Crippen LogP contribution in [0.15, 0.2) is 48.5 Å². The number of benzene rings is 2. The molecule has 2 saturated heterocycles. The SMILES string of the molecule is CCCCN1C(=O)[C@@H](CC2(O)CCCCC2)NC(=O)C12CCN(C(=O)c1ccc(Oc3ccc(C(=O)NC)cc3)cc1)CC2. The van der Waals surface area contributed by atoms with Crippen molar-refractivity contribution in [3.8, 4) is 11.5 Å². The van der Waals surface area contributed by atoms with E-state index in [0.29, 0.717) is 67.9 Å². The molecule has 0 aromatic heterocycles. The molecule has 1 atom stereocenters. The van der Waals surface area contributed by atoms with Crippen LogP contribution in [0.3, 0.4) is 0 Å². The van der Waals surface area contributed by atoms with E-state index in [2.05, 4.69) is 17.6 Å². The molecule has 0 unspecified atom stereocenters. The van der Waals surface area contributed by atoms with Gasteiger partial charge in [0.25, 0.3) is 11.8 Å². The van der Waals surface area contributed by atoms with Crippen molar-refractivity contribution in [2.75, 3.05) is 26.7 Å². The number of hydrogen-bond donors (Lipinski definition) is 3. The van der Waals surface area contributed by atoms with Gasteiger partial charge in [0, 0.05) is 44.2 Å². The van der Waals surface area contributed by atoms with Crippen LogP contribution in [0.5, 0.6) is 11.5 Å². The van der Waals surface area contributed by atoms with E-state index in [4.69, 9.17) is 4.74 Å². The van der Waals surface area contributed by atoms with E-state index < -0.39 is 17.2 Å². The average molecular weight is 605 g/mol. The van der Waals surface area contributed by atoms with Crippen LogP contribution < -0.4 is 15.4 Å². The summed E-state index contributed by atoms with van der Waals surface area (Å²) in [5.41, 5.74) is -0.859. The zero-order valence-corrected chi connectivity index (χ0v) is 25.8. The first-order chi connectivity index (χ1) is 21.2. The Hall–Kier alpha value is -3.92. The van der Waals surface area contributed by atoms with Crippen LogP contribution in [0.2, 0.25) is 0 Å². The Kier molecular flexibility index (Phi) is 9.58. The van der Waals surface area contributed by atoms with Crippen molar-refractivity contribution in [1.82, 2.24) is 20.4 Å². The maximum absolute atomic E-state index is 13.8. The molecule has 10 nitrogen and oxygen atoms in total. The molecule has 0 bridgehead atoms. The van der Waals surface area contributed by atoms with Crippen LogP contribution in [0.1, 0.15) is 91.8 Å². The first kappa shape index (κ1) is 31.5. The first-order valence-electron chi connectivity index (χ1n) is 15.9. The van der Waals surface area contributed by atoms with E-state index in [1.807, 2.05) is 0 Å². The minimum absolute atomic E-state index is 0.115. The number of carbonyl (C=O) groups is 4. The maximum Gasteiger partial charge on any atom is 0.253 e. The van der Waals surface area contributed by atoms with Gasteiger partial charge in [-0.2, -0.15) is 0 Å². The zero-order chi connectivity index (χ0) is 31.3. The normalized spacial score (nSPS) is 21.1. The molecule has 2 heterocycles. The Morgan fingerprint density at radius 2 is 1.52 bits per heavy atom. The molecule has 0 radical (unpaired) electrons. The van der Waals surface area contributed by atoms with Gasteiger partial charge in [-0.15, -0.1) is 0 Å². The van der Waals surface area contributed by atoms with E-state index in [1.54, 1.807) is 65.4 Å². The highest BCUT2D eigenvalue weighted by molar-refractivity contribution is 6.00. The summed E-state index contributed by atoms with van der Waals surface area (Å²) in [6.07, 6.45) is 6.92. The van der Waals surface area contributed by atoms with Crippen molar-refractivity contribution in [3.63, 3.8) is 0 Å². The Bertz CT molecular complexity index is 1340. The molecule has 44 heavy (non-hydrogen) atoms. The van der Waals surface area contributed by atoms with Gasteiger partial charge >= 0.3 is 0 Å².